The van der Waals surface area contributed by atoms with Crippen molar-refractivity contribution in [3.8, 4) is 0 Å². The van der Waals surface area contributed by atoms with Crippen molar-refractivity contribution in [2.24, 2.45) is 4.99 Å². The van der Waals surface area contributed by atoms with Crippen LogP contribution in [-0.2, 0) is 20.9 Å². The van der Waals surface area contributed by atoms with Gasteiger partial charge in [0.2, 0.25) is 11.8 Å². The minimum absolute atomic E-state index is 0.114. The number of aliphatic imine (C=N–C) groups is 1. The van der Waals surface area contributed by atoms with E-state index in [1.165, 1.54) is 37.2 Å². The summed E-state index contributed by atoms with van der Waals surface area (Å²) in [4.78, 5) is 53.7. The van der Waals surface area contributed by atoms with Crippen molar-refractivity contribution in [3.63, 3.8) is 0 Å². The fourth-order valence-electron chi connectivity index (χ4n) is 4.38. The van der Waals surface area contributed by atoms with Gasteiger partial charge in [0.15, 0.2) is 0 Å². The molecule has 1 aliphatic rings. The van der Waals surface area contributed by atoms with Gasteiger partial charge in [0.25, 0.3) is 5.69 Å². The highest BCUT2D eigenvalue weighted by Crippen LogP contribution is 2.38. The number of nitro groups is 1. The van der Waals surface area contributed by atoms with Crippen molar-refractivity contribution in [1.29, 1.82) is 0 Å². The molecule has 0 aromatic heterocycles. The predicted molar refractivity (Wildman–Crippen MR) is 154 cm³/mol. The average Bonchev–Trinajstić information content (AvgIpc) is 3.24. The topological polar surface area (TPSA) is 134 Å². The van der Waals surface area contributed by atoms with Crippen molar-refractivity contribution >= 4 is 40.7 Å². The van der Waals surface area contributed by atoms with Crippen molar-refractivity contribution in [2.75, 3.05) is 12.4 Å². The SMILES string of the molecule is CC(=O)N(Cc1ccc(N=C(c2ccccc2)C2C(=O)Nc3ccc([N+](=O)[O-])cc32)cc1)N(C)C(=O)OC(C)(C)C. The summed E-state index contributed by atoms with van der Waals surface area (Å²) in [5.74, 6) is -1.53. The van der Waals surface area contributed by atoms with Gasteiger partial charge in [0.05, 0.1) is 22.9 Å². The second-order valence-electron chi connectivity index (χ2n) is 10.6. The molecule has 0 spiro atoms. The van der Waals surface area contributed by atoms with Crippen LogP contribution in [0.3, 0.4) is 0 Å². The minimum Gasteiger partial charge on any atom is -0.442 e. The lowest BCUT2D eigenvalue weighted by Gasteiger charge is -2.32. The molecule has 11 heteroatoms. The number of nitrogens with one attached hydrogen (secondary N) is 1. The van der Waals surface area contributed by atoms with Crippen LogP contribution in [0.15, 0.2) is 77.8 Å². The highest BCUT2D eigenvalue weighted by molar-refractivity contribution is 6.24. The predicted octanol–water partition coefficient (Wildman–Crippen LogP) is 5.58. The second kappa shape index (κ2) is 11.6. The summed E-state index contributed by atoms with van der Waals surface area (Å²) >= 11 is 0. The molecule has 3 aromatic rings. The van der Waals surface area contributed by atoms with E-state index in [1.807, 2.05) is 30.3 Å². The van der Waals surface area contributed by atoms with E-state index >= 15 is 0 Å². The van der Waals surface area contributed by atoms with E-state index in [-0.39, 0.29) is 24.0 Å². The number of non-ortho nitro benzene ring substituents is 1. The molecular formula is C30H31N5O6. The number of fused-ring (bicyclic) bond motifs is 1. The maximum absolute atomic E-state index is 13.1. The first-order valence-corrected chi connectivity index (χ1v) is 12.9. The molecule has 0 fully saturated rings. The van der Waals surface area contributed by atoms with Gasteiger partial charge in [-0.1, -0.05) is 42.5 Å². The van der Waals surface area contributed by atoms with E-state index in [0.717, 1.165) is 10.6 Å². The van der Waals surface area contributed by atoms with Crippen molar-refractivity contribution in [2.45, 2.75) is 45.8 Å². The Balaban J connectivity index is 1.66. The standard InChI is InChI=1S/C30H31N5O6/c1-19(36)34(33(5)29(38)41-30(2,3)4)18-20-11-13-22(14-12-20)31-27(21-9-7-6-8-10-21)26-24-17-23(35(39)40)15-16-25(24)32-28(26)37/h6-17,26H,18H2,1-5H3,(H,32,37). The second-order valence-corrected chi connectivity index (χ2v) is 10.6. The van der Waals surface area contributed by atoms with Crippen LogP contribution in [-0.4, -0.2) is 51.2 Å². The number of hydrazine groups is 1. The number of anilines is 1. The molecule has 41 heavy (non-hydrogen) atoms. The molecule has 0 radical (unpaired) electrons. The number of nitrogens with zero attached hydrogens (tertiary/aromatic N) is 4. The Labute approximate surface area is 237 Å². The number of hydrogen-bond acceptors (Lipinski definition) is 7. The lowest BCUT2D eigenvalue weighted by atomic mass is 9.90. The Morgan fingerprint density at radius 3 is 2.29 bits per heavy atom. The molecular weight excluding hydrogens is 526 g/mol. The third kappa shape index (κ3) is 6.75. The Hall–Kier alpha value is -5.06. The van der Waals surface area contributed by atoms with E-state index in [2.05, 4.69) is 5.32 Å². The third-order valence-electron chi connectivity index (χ3n) is 6.32. The highest BCUT2D eigenvalue weighted by Gasteiger charge is 2.36. The summed E-state index contributed by atoms with van der Waals surface area (Å²) in [6.45, 7) is 6.71. The minimum atomic E-state index is -0.859. The summed E-state index contributed by atoms with van der Waals surface area (Å²) in [6.07, 6.45) is -0.656. The molecule has 0 aliphatic carbocycles. The Morgan fingerprint density at radius 2 is 1.71 bits per heavy atom. The zero-order valence-corrected chi connectivity index (χ0v) is 23.5. The maximum Gasteiger partial charge on any atom is 0.429 e. The monoisotopic (exact) mass is 557 g/mol. The smallest absolute Gasteiger partial charge is 0.429 e. The van der Waals surface area contributed by atoms with Gasteiger partial charge in [-0.15, -0.1) is 0 Å². The number of nitro benzene ring substituents is 1. The lowest BCUT2D eigenvalue weighted by molar-refractivity contribution is -0.384. The first-order chi connectivity index (χ1) is 19.3. The molecule has 11 nitrogen and oxygen atoms in total. The van der Waals surface area contributed by atoms with E-state index in [0.29, 0.717) is 28.2 Å². The van der Waals surface area contributed by atoms with Crippen LogP contribution in [0.1, 0.15) is 50.3 Å². The molecule has 0 bridgehead atoms. The first-order valence-electron chi connectivity index (χ1n) is 12.9. The molecule has 4 rings (SSSR count). The Bertz CT molecular complexity index is 1510. The molecule has 3 amide bonds. The Kier molecular flexibility index (Phi) is 8.18. The van der Waals surface area contributed by atoms with Gasteiger partial charge in [0.1, 0.15) is 11.5 Å². The molecule has 1 aliphatic heterocycles. The quantitative estimate of drug-likeness (QED) is 0.239. The van der Waals surface area contributed by atoms with Gasteiger partial charge in [-0.25, -0.2) is 14.8 Å². The molecule has 212 valence electrons. The average molecular weight is 558 g/mol. The van der Waals surface area contributed by atoms with Crippen LogP contribution in [0.4, 0.5) is 21.9 Å². The molecule has 1 heterocycles. The van der Waals surface area contributed by atoms with Crippen LogP contribution in [0.5, 0.6) is 0 Å². The molecule has 0 saturated heterocycles. The van der Waals surface area contributed by atoms with Crippen molar-refractivity contribution < 1.29 is 24.0 Å². The van der Waals surface area contributed by atoms with E-state index in [1.54, 1.807) is 45.0 Å². The maximum atomic E-state index is 13.1. The zero-order valence-electron chi connectivity index (χ0n) is 23.5. The fraction of sp³-hybridized carbons (Fsp3) is 0.267. The highest BCUT2D eigenvalue weighted by atomic mass is 16.6. The van der Waals surface area contributed by atoms with Crippen molar-refractivity contribution in [3.05, 3.63) is 99.6 Å². The fourth-order valence-corrected chi connectivity index (χ4v) is 4.38. The third-order valence-corrected chi connectivity index (χ3v) is 6.32. The summed E-state index contributed by atoms with van der Waals surface area (Å²) in [6, 6.07) is 20.5. The van der Waals surface area contributed by atoms with Crippen LogP contribution in [0.25, 0.3) is 0 Å². The number of rotatable bonds is 6. The van der Waals surface area contributed by atoms with E-state index < -0.39 is 22.5 Å². The largest absolute Gasteiger partial charge is 0.442 e. The number of benzene rings is 3. The molecule has 3 aromatic carbocycles. The Morgan fingerprint density at radius 1 is 1.05 bits per heavy atom. The first kappa shape index (κ1) is 28.9. The van der Waals surface area contributed by atoms with Crippen LogP contribution < -0.4 is 5.32 Å². The van der Waals surface area contributed by atoms with Gasteiger partial charge in [-0.2, -0.15) is 0 Å². The van der Waals surface area contributed by atoms with Gasteiger partial charge in [-0.05, 0) is 50.1 Å². The summed E-state index contributed by atoms with van der Waals surface area (Å²) < 4.78 is 5.38. The van der Waals surface area contributed by atoms with E-state index in [9.17, 15) is 24.5 Å². The van der Waals surface area contributed by atoms with Gasteiger partial charge < -0.3 is 10.1 Å². The molecule has 1 unspecified atom stereocenters. The van der Waals surface area contributed by atoms with Gasteiger partial charge >= 0.3 is 6.09 Å². The summed E-state index contributed by atoms with van der Waals surface area (Å²) in [5.41, 5.74) is 2.54. The number of carbonyl (C=O) groups excluding carboxylic acids is 3. The molecule has 1 N–H and O–H groups in total. The molecule has 0 saturated carbocycles. The summed E-state index contributed by atoms with van der Waals surface area (Å²) in [5, 5.41) is 16.6. The summed E-state index contributed by atoms with van der Waals surface area (Å²) in [7, 11) is 1.47. The van der Waals surface area contributed by atoms with Crippen molar-refractivity contribution in [1.82, 2.24) is 10.0 Å². The zero-order chi connectivity index (χ0) is 29.9. The molecule has 1 atom stereocenters. The van der Waals surface area contributed by atoms with E-state index in [4.69, 9.17) is 9.73 Å². The number of carbonyl (C=O) groups is 3. The number of amides is 3. The van der Waals surface area contributed by atoms with Crippen LogP contribution in [0.2, 0.25) is 0 Å². The lowest BCUT2D eigenvalue weighted by Crippen LogP contribution is -2.47. The van der Waals surface area contributed by atoms with Gasteiger partial charge in [0, 0.05) is 37.4 Å². The van der Waals surface area contributed by atoms with Crippen LogP contribution in [0, 0.1) is 10.1 Å². The van der Waals surface area contributed by atoms with Gasteiger partial charge in [-0.3, -0.25) is 24.7 Å². The number of hydrogen-bond donors (Lipinski definition) is 1. The van der Waals surface area contributed by atoms with Crippen LogP contribution >= 0.6 is 0 Å². The number of ether oxygens (including phenoxy) is 1. The normalized spacial score (nSPS) is 14.6.